The maximum absolute atomic E-state index is 13.1. The summed E-state index contributed by atoms with van der Waals surface area (Å²) in [6, 6.07) is 10.5. The highest BCUT2D eigenvalue weighted by Crippen LogP contribution is 2.17. The van der Waals surface area contributed by atoms with Gasteiger partial charge in [0.2, 0.25) is 17.7 Å². The van der Waals surface area contributed by atoms with Crippen molar-refractivity contribution in [3.05, 3.63) is 70.5 Å². The quantitative estimate of drug-likeness (QED) is 0.623. The first-order valence-electron chi connectivity index (χ1n) is 8.61. The topological polar surface area (TPSA) is 101 Å². The van der Waals surface area contributed by atoms with Gasteiger partial charge in [0.1, 0.15) is 17.9 Å². The van der Waals surface area contributed by atoms with Crippen LogP contribution in [0.5, 0.6) is 0 Å². The van der Waals surface area contributed by atoms with E-state index in [1.165, 1.54) is 31.2 Å². The predicted molar refractivity (Wildman–Crippen MR) is 104 cm³/mol. The van der Waals surface area contributed by atoms with Crippen LogP contribution in [0.2, 0.25) is 5.02 Å². The smallest absolute Gasteiger partial charge is 0.243 e. The van der Waals surface area contributed by atoms with Gasteiger partial charge in [0.05, 0.1) is 0 Å². The summed E-state index contributed by atoms with van der Waals surface area (Å²) in [5.41, 5.74) is 6.73. The van der Waals surface area contributed by atoms with Gasteiger partial charge in [-0.2, -0.15) is 0 Å². The molecule has 2 aromatic carbocycles. The average Bonchev–Trinajstić information content (AvgIpc) is 2.63. The molecular formula is C20H21ClFN3O3. The van der Waals surface area contributed by atoms with Crippen LogP contribution in [-0.4, -0.2) is 29.8 Å². The summed E-state index contributed by atoms with van der Waals surface area (Å²) in [4.78, 5) is 36.0. The van der Waals surface area contributed by atoms with E-state index in [1.807, 2.05) is 0 Å². The van der Waals surface area contributed by atoms with E-state index in [4.69, 9.17) is 17.3 Å². The second-order valence-electron chi connectivity index (χ2n) is 6.34. The molecule has 0 aliphatic heterocycles. The molecule has 0 heterocycles. The number of rotatable bonds is 8. The van der Waals surface area contributed by atoms with E-state index in [0.717, 1.165) is 0 Å². The van der Waals surface area contributed by atoms with E-state index in [2.05, 4.69) is 10.6 Å². The lowest BCUT2D eigenvalue weighted by molar-refractivity contribution is -0.130. The van der Waals surface area contributed by atoms with Crippen LogP contribution in [-0.2, 0) is 27.2 Å². The predicted octanol–water partition coefficient (Wildman–Crippen LogP) is 1.74. The Balaban J connectivity index is 2.14. The Kier molecular flexibility index (Phi) is 7.52. The number of halogens is 2. The van der Waals surface area contributed by atoms with Gasteiger partial charge < -0.3 is 16.4 Å². The largest absolute Gasteiger partial charge is 0.368 e. The number of nitrogens with one attached hydrogen (secondary N) is 2. The Labute approximate surface area is 167 Å². The van der Waals surface area contributed by atoms with E-state index in [-0.39, 0.29) is 12.8 Å². The molecule has 2 rings (SSSR count). The summed E-state index contributed by atoms with van der Waals surface area (Å²) in [7, 11) is 0. The summed E-state index contributed by atoms with van der Waals surface area (Å²) < 4.78 is 13.1. The van der Waals surface area contributed by atoms with Crippen molar-refractivity contribution < 1.29 is 18.8 Å². The minimum atomic E-state index is -1.00. The first kappa shape index (κ1) is 21.4. The second-order valence-corrected chi connectivity index (χ2v) is 6.75. The maximum Gasteiger partial charge on any atom is 0.243 e. The maximum atomic E-state index is 13.1. The van der Waals surface area contributed by atoms with Crippen LogP contribution < -0.4 is 16.4 Å². The minimum absolute atomic E-state index is 0.115. The van der Waals surface area contributed by atoms with E-state index in [1.54, 1.807) is 24.3 Å². The number of benzene rings is 2. The molecule has 2 atom stereocenters. The van der Waals surface area contributed by atoms with Crippen molar-refractivity contribution in [2.45, 2.75) is 31.8 Å². The highest BCUT2D eigenvalue weighted by atomic mass is 35.5. The number of carbonyl (C=O) groups excluding carboxylic acids is 3. The monoisotopic (exact) mass is 405 g/mol. The molecule has 28 heavy (non-hydrogen) atoms. The van der Waals surface area contributed by atoms with Gasteiger partial charge in [-0.3, -0.25) is 14.4 Å². The fraction of sp³-hybridized carbons (Fsp3) is 0.250. The number of amides is 3. The van der Waals surface area contributed by atoms with Gasteiger partial charge in [-0.1, -0.05) is 41.9 Å². The number of nitrogens with two attached hydrogens (primary N) is 1. The normalized spacial score (nSPS) is 12.7. The first-order valence-corrected chi connectivity index (χ1v) is 8.98. The Morgan fingerprint density at radius 2 is 1.64 bits per heavy atom. The number of carbonyl (C=O) groups is 3. The van der Waals surface area contributed by atoms with Gasteiger partial charge in [0.15, 0.2) is 0 Å². The van der Waals surface area contributed by atoms with Crippen LogP contribution in [0.1, 0.15) is 18.1 Å². The summed E-state index contributed by atoms with van der Waals surface area (Å²) in [5.74, 6) is -2.12. The molecule has 4 N–H and O–H groups in total. The van der Waals surface area contributed by atoms with E-state index >= 15 is 0 Å². The van der Waals surface area contributed by atoms with E-state index < -0.39 is 35.6 Å². The van der Waals surface area contributed by atoms with Gasteiger partial charge in [-0.05, 0) is 29.3 Å². The lowest BCUT2D eigenvalue weighted by atomic mass is 10.0. The third-order valence-corrected chi connectivity index (χ3v) is 4.46. The van der Waals surface area contributed by atoms with Crippen molar-refractivity contribution in [1.82, 2.24) is 10.6 Å². The molecule has 0 fully saturated rings. The van der Waals surface area contributed by atoms with Crippen molar-refractivity contribution in [3.63, 3.8) is 0 Å². The molecular weight excluding hydrogens is 385 g/mol. The molecule has 0 unspecified atom stereocenters. The zero-order chi connectivity index (χ0) is 20.7. The Bertz CT molecular complexity index is 858. The fourth-order valence-corrected chi connectivity index (χ4v) is 2.90. The average molecular weight is 406 g/mol. The molecule has 6 nitrogen and oxygen atoms in total. The Hall–Kier alpha value is -2.93. The van der Waals surface area contributed by atoms with Crippen LogP contribution in [0, 0.1) is 5.82 Å². The lowest BCUT2D eigenvalue weighted by Crippen LogP contribution is -2.54. The van der Waals surface area contributed by atoms with Gasteiger partial charge in [-0.25, -0.2) is 4.39 Å². The standard InChI is InChI=1S/C20H21ClFN3O3/c1-12(26)24-18(10-13-6-8-15(22)9-7-13)20(28)25-17(19(23)27)11-14-4-2-3-5-16(14)21/h2-9,17-18H,10-11H2,1H3,(H2,23,27)(H,24,26)(H,25,28)/t17-,18-/m0/s1. The molecule has 0 aliphatic rings. The van der Waals surface area contributed by atoms with Crippen molar-refractivity contribution in [2.75, 3.05) is 0 Å². The van der Waals surface area contributed by atoms with Crippen molar-refractivity contribution in [2.24, 2.45) is 5.73 Å². The van der Waals surface area contributed by atoms with Crippen LogP contribution in [0.25, 0.3) is 0 Å². The first-order chi connectivity index (χ1) is 13.3. The van der Waals surface area contributed by atoms with Gasteiger partial charge in [0, 0.05) is 24.8 Å². The van der Waals surface area contributed by atoms with Crippen molar-refractivity contribution >= 4 is 29.3 Å². The summed E-state index contributed by atoms with van der Waals surface area (Å²) in [5, 5.41) is 5.56. The highest BCUT2D eigenvalue weighted by molar-refractivity contribution is 6.31. The minimum Gasteiger partial charge on any atom is -0.368 e. The molecule has 0 bridgehead atoms. The third-order valence-electron chi connectivity index (χ3n) is 4.09. The highest BCUT2D eigenvalue weighted by Gasteiger charge is 2.26. The summed E-state index contributed by atoms with van der Waals surface area (Å²) >= 11 is 6.11. The zero-order valence-corrected chi connectivity index (χ0v) is 16.0. The zero-order valence-electron chi connectivity index (χ0n) is 15.2. The SMILES string of the molecule is CC(=O)N[C@@H](Cc1ccc(F)cc1)C(=O)N[C@@H](Cc1ccccc1Cl)C(N)=O. The number of hydrogen-bond donors (Lipinski definition) is 3. The molecule has 8 heteroatoms. The van der Waals surface area contributed by atoms with Gasteiger partial charge in [0.25, 0.3) is 0 Å². The van der Waals surface area contributed by atoms with E-state index in [0.29, 0.717) is 16.1 Å². The van der Waals surface area contributed by atoms with Gasteiger partial charge in [-0.15, -0.1) is 0 Å². The summed E-state index contributed by atoms with van der Waals surface area (Å²) in [6.07, 6.45) is 0.243. The summed E-state index contributed by atoms with van der Waals surface area (Å²) in [6.45, 7) is 1.28. The molecule has 2 aromatic rings. The molecule has 0 radical (unpaired) electrons. The Morgan fingerprint density at radius 3 is 2.21 bits per heavy atom. The lowest BCUT2D eigenvalue weighted by Gasteiger charge is -2.22. The van der Waals surface area contributed by atoms with Crippen LogP contribution in [0.15, 0.2) is 48.5 Å². The molecule has 3 amide bonds. The van der Waals surface area contributed by atoms with Crippen LogP contribution in [0.4, 0.5) is 4.39 Å². The molecule has 0 aromatic heterocycles. The Morgan fingerprint density at radius 1 is 1.00 bits per heavy atom. The van der Waals surface area contributed by atoms with Gasteiger partial charge >= 0.3 is 0 Å². The molecule has 0 aliphatic carbocycles. The van der Waals surface area contributed by atoms with Crippen LogP contribution in [0.3, 0.4) is 0 Å². The number of primary amides is 1. The van der Waals surface area contributed by atoms with Crippen molar-refractivity contribution in [3.8, 4) is 0 Å². The second kappa shape index (κ2) is 9.85. The molecule has 148 valence electrons. The molecule has 0 saturated heterocycles. The number of hydrogen-bond acceptors (Lipinski definition) is 3. The third kappa shape index (κ3) is 6.35. The fourth-order valence-electron chi connectivity index (χ4n) is 2.69. The van der Waals surface area contributed by atoms with E-state index in [9.17, 15) is 18.8 Å². The van der Waals surface area contributed by atoms with Crippen molar-refractivity contribution in [1.29, 1.82) is 0 Å². The van der Waals surface area contributed by atoms with Crippen LogP contribution >= 0.6 is 11.6 Å². The molecule has 0 saturated carbocycles. The molecule has 0 spiro atoms.